The first-order chi connectivity index (χ1) is 8.75. The molecule has 0 aliphatic rings. The highest BCUT2D eigenvalue weighted by Gasteiger charge is 1.96. The average Bonchev–Trinajstić information content (AvgIpc) is 2.40. The van der Waals surface area contributed by atoms with Crippen molar-refractivity contribution < 1.29 is 0 Å². The second kappa shape index (κ2) is 6.01. The zero-order valence-electron chi connectivity index (χ0n) is 10.9. The highest BCUT2D eigenvalue weighted by atomic mass is 15.3. The summed E-state index contributed by atoms with van der Waals surface area (Å²) in [7, 11) is 0. The number of benzene rings is 2. The summed E-state index contributed by atoms with van der Waals surface area (Å²) in [6.45, 7) is 4.86. The molecule has 0 amide bonds. The quantitative estimate of drug-likeness (QED) is 0.639. The molecule has 0 unspecified atom stereocenters. The Morgan fingerprint density at radius 3 is 2.33 bits per heavy atom. The van der Waals surface area contributed by atoms with Crippen LogP contribution in [-0.4, -0.2) is 5.71 Å². The van der Waals surface area contributed by atoms with Crippen LogP contribution < -0.4 is 5.43 Å². The SMILES string of the molecule is C/C(=N/NCc1ccccc1)c1ccc(C)cc1. The van der Waals surface area contributed by atoms with Crippen molar-refractivity contribution in [3.8, 4) is 0 Å². The van der Waals surface area contributed by atoms with Crippen molar-refractivity contribution in [2.75, 3.05) is 0 Å². The van der Waals surface area contributed by atoms with Crippen LogP contribution in [0.3, 0.4) is 0 Å². The van der Waals surface area contributed by atoms with Gasteiger partial charge in [0.2, 0.25) is 0 Å². The predicted molar refractivity (Wildman–Crippen MR) is 76.7 cm³/mol. The first kappa shape index (κ1) is 12.4. The molecule has 1 N–H and O–H groups in total. The first-order valence-corrected chi connectivity index (χ1v) is 6.14. The zero-order chi connectivity index (χ0) is 12.8. The van der Waals surface area contributed by atoms with Crippen molar-refractivity contribution in [2.45, 2.75) is 20.4 Å². The molecular weight excluding hydrogens is 220 g/mol. The van der Waals surface area contributed by atoms with Crippen LogP contribution in [0.4, 0.5) is 0 Å². The Morgan fingerprint density at radius 2 is 1.67 bits per heavy atom. The molecule has 92 valence electrons. The molecule has 0 aliphatic carbocycles. The molecule has 0 atom stereocenters. The van der Waals surface area contributed by atoms with Crippen molar-refractivity contribution in [3.63, 3.8) is 0 Å². The monoisotopic (exact) mass is 238 g/mol. The Labute approximate surface area is 108 Å². The van der Waals surface area contributed by atoms with Crippen molar-refractivity contribution in [2.24, 2.45) is 5.10 Å². The van der Waals surface area contributed by atoms with Gasteiger partial charge in [-0.25, -0.2) is 0 Å². The van der Waals surface area contributed by atoms with Gasteiger partial charge in [-0.2, -0.15) is 5.10 Å². The Hall–Kier alpha value is -2.09. The topological polar surface area (TPSA) is 24.4 Å². The van der Waals surface area contributed by atoms with E-state index < -0.39 is 0 Å². The second-order valence-electron chi connectivity index (χ2n) is 4.38. The normalized spacial score (nSPS) is 11.3. The maximum atomic E-state index is 4.39. The van der Waals surface area contributed by atoms with Gasteiger partial charge >= 0.3 is 0 Å². The van der Waals surface area contributed by atoms with Crippen LogP contribution in [0.1, 0.15) is 23.6 Å². The molecule has 18 heavy (non-hydrogen) atoms. The van der Waals surface area contributed by atoms with Gasteiger partial charge in [0.1, 0.15) is 0 Å². The molecule has 0 aromatic heterocycles. The average molecular weight is 238 g/mol. The van der Waals surface area contributed by atoms with E-state index >= 15 is 0 Å². The van der Waals surface area contributed by atoms with E-state index in [1.54, 1.807) is 0 Å². The summed E-state index contributed by atoms with van der Waals surface area (Å²) in [6, 6.07) is 18.7. The summed E-state index contributed by atoms with van der Waals surface area (Å²) < 4.78 is 0. The van der Waals surface area contributed by atoms with Gasteiger partial charge in [-0.15, -0.1) is 0 Å². The van der Waals surface area contributed by atoms with Crippen LogP contribution in [0.2, 0.25) is 0 Å². The number of hydrogen-bond acceptors (Lipinski definition) is 2. The van der Waals surface area contributed by atoms with Gasteiger partial charge in [-0.05, 0) is 25.0 Å². The van der Waals surface area contributed by atoms with Gasteiger partial charge in [-0.3, -0.25) is 0 Å². The number of hydrogen-bond donors (Lipinski definition) is 1. The van der Waals surface area contributed by atoms with Crippen molar-refractivity contribution in [3.05, 3.63) is 71.3 Å². The molecule has 0 saturated carbocycles. The second-order valence-corrected chi connectivity index (χ2v) is 4.38. The fraction of sp³-hybridized carbons (Fsp3) is 0.188. The highest BCUT2D eigenvalue weighted by molar-refractivity contribution is 5.98. The first-order valence-electron chi connectivity index (χ1n) is 6.14. The van der Waals surface area contributed by atoms with Crippen molar-refractivity contribution in [1.29, 1.82) is 0 Å². The third kappa shape index (κ3) is 3.45. The molecule has 0 aliphatic heterocycles. The minimum atomic E-state index is 0.754. The van der Waals surface area contributed by atoms with Crippen molar-refractivity contribution >= 4 is 5.71 Å². The summed E-state index contributed by atoms with van der Waals surface area (Å²) in [5.41, 5.74) is 7.76. The fourth-order valence-electron chi connectivity index (χ4n) is 1.70. The molecule has 2 aromatic carbocycles. The summed E-state index contributed by atoms with van der Waals surface area (Å²) >= 11 is 0. The third-order valence-electron chi connectivity index (χ3n) is 2.84. The van der Waals surface area contributed by atoms with Crippen LogP contribution in [0.5, 0.6) is 0 Å². The molecular formula is C16H18N2. The van der Waals surface area contributed by atoms with E-state index in [0.29, 0.717) is 0 Å². The number of nitrogens with zero attached hydrogens (tertiary/aromatic N) is 1. The number of aryl methyl sites for hydroxylation is 1. The molecule has 0 heterocycles. The van der Waals surface area contributed by atoms with Gasteiger partial charge in [0.05, 0.1) is 12.3 Å². The Morgan fingerprint density at radius 1 is 1.00 bits per heavy atom. The molecule has 0 fully saturated rings. The Bertz CT molecular complexity index is 513. The summed E-state index contributed by atoms with van der Waals surface area (Å²) in [4.78, 5) is 0. The van der Waals surface area contributed by atoms with E-state index in [1.165, 1.54) is 11.1 Å². The van der Waals surface area contributed by atoms with E-state index in [1.807, 2.05) is 25.1 Å². The van der Waals surface area contributed by atoms with Gasteiger partial charge in [0, 0.05) is 0 Å². The van der Waals surface area contributed by atoms with Gasteiger partial charge in [-0.1, -0.05) is 60.2 Å². The van der Waals surface area contributed by atoms with E-state index in [4.69, 9.17) is 0 Å². The molecule has 2 aromatic rings. The van der Waals surface area contributed by atoms with Gasteiger partial charge in [0.15, 0.2) is 0 Å². The largest absolute Gasteiger partial charge is 0.305 e. The lowest BCUT2D eigenvalue weighted by Crippen LogP contribution is -2.09. The summed E-state index contributed by atoms with van der Waals surface area (Å²) in [6.07, 6.45) is 0. The zero-order valence-corrected chi connectivity index (χ0v) is 10.9. The molecule has 2 rings (SSSR count). The number of rotatable bonds is 4. The summed E-state index contributed by atoms with van der Waals surface area (Å²) in [5, 5.41) is 4.39. The fourth-order valence-corrected chi connectivity index (χ4v) is 1.70. The molecule has 0 bridgehead atoms. The standard InChI is InChI=1S/C16H18N2/c1-13-8-10-16(11-9-13)14(2)18-17-12-15-6-4-3-5-7-15/h3-11,17H,12H2,1-2H3/b18-14-. The third-order valence-corrected chi connectivity index (χ3v) is 2.84. The number of hydrazone groups is 1. The Balaban J connectivity index is 1.95. The Kier molecular flexibility index (Phi) is 4.13. The van der Waals surface area contributed by atoms with Crippen LogP contribution in [-0.2, 0) is 6.54 Å². The lowest BCUT2D eigenvalue weighted by molar-refractivity contribution is 0.744. The van der Waals surface area contributed by atoms with E-state index in [9.17, 15) is 0 Å². The lowest BCUT2D eigenvalue weighted by Gasteiger charge is -2.04. The van der Waals surface area contributed by atoms with Crippen molar-refractivity contribution in [1.82, 2.24) is 5.43 Å². The molecule has 2 nitrogen and oxygen atoms in total. The predicted octanol–water partition coefficient (Wildman–Crippen LogP) is 3.51. The van der Waals surface area contributed by atoms with Gasteiger partial charge < -0.3 is 5.43 Å². The molecule has 0 spiro atoms. The van der Waals surface area contributed by atoms with Crippen LogP contribution >= 0.6 is 0 Å². The molecule has 0 radical (unpaired) electrons. The van der Waals surface area contributed by atoms with Crippen LogP contribution in [0, 0.1) is 6.92 Å². The smallest absolute Gasteiger partial charge is 0.0644 e. The van der Waals surface area contributed by atoms with E-state index in [2.05, 4.69) is 53.8 Å². The number of nitrogens with one attached hydrogen (secondary N) is 1. The van der Waals surface area contributed by atoms with Gasteiger partial charge in [0.25, 0.3) is 0 Å². The molecule has 0 saturated heterocycles. The van der Waals surface area contributed by atoms with Crippen LogP contribution in [0.15, 0.2) is 59.7 Å². The minimum absolute atomic E-state index is 0.754. The van der Waals surface area contributed by atoms with E-state index in [0.717, 1.165) is 17.8 Å². The maximum absolute atomic E-state index is 4.39. The highest BCUT2D eigenvalue weighted by Crippen LogP contribution is 2.04. The lowest BCUT2D eigenvalue weighted by atomic mass is 10.1. The summed E-state index contributed by atoms with van der Waals surface area (Å²) in [5.74, 6) is 0. The molecule has 2 heteroatoms. The van der Waals surface area contributed by atoms with Crippen LogP contribution in [0.25, 0.3) is 0 Å². The minimum Gasteiger partial charge on any atom is -0.305 e. The maximum Gasteiger partial charge on any atom is 0.0644 e. The van der Waals surface area contributed by atoms with E-state index in [-0.39, 0.29) is 0 Å².